The van der Waals surface area contributed by atoms with E-state index >= 15 is 0 Å². The van der Waals surface area contributed by atoms with Gasteiger partial charge >= 0.3 is 0 Å². The lowest BCUT2D eigenvalue weighted by Gasteiger charge is -2.24. The van der Waals surface area contributed by atoms with E-state index in [1.807, 2.05) is 19.9 Å². The second kappa shape index (κ2) is 5.05. The number of rotatable bonds is 4. The molecule has 0 spiro atoms. The van der Waals surface area contributed by atoms with Crippen LogP contribution < -0.4 is 0 Å². The average molecular weight is 216 g/mol. The molecule has 4 heteroatoms. The minimum Gasteiger partial charge on any atom is -0.467 e. The van der Waals surface area contributed by atoms with Crippen LogP contribution in [-0.2, 0) is 11.3 Å². The molecule has 0 saturated carbocycles. The average Bonchev–Trinajstić information content (AvgIpc) is 2.65. The molecule has 1 aromatic rings. The molecule has 0 aliphatic heterocycles. The van der Waals surface area contributed by atoms with E-state index < -0.39 is 0 Å². The highest BCUT2D eigenvalue weighted by Crippen LogP contribution is 2.09. The lowest BCUT2D eigenvalue weighted by molar-refractivity contribution is -0.131. The summed E-state index contributed by atoms with van der Waals surface area (Å²) in [5.41, 5.74) is 0. The number of hydrogen-bond donors (Lipinski definition) is 0. The van der Waals surface area contributed by atoms with Crippen molar-refractivity contribution < 1.29 is 9.21 Å². The molecule has 3 nitrogen and oxygen atoms in total. The highest BCUT2D eigenvalue weighted by atomic mass is 35.5. The summed E-state index contributed by atoms with van der Waals surface area (Å²) >= 11 is 5.51. The van der Waals surface area contributed by atoms with Crippen LogP contribution in [0.1, 0.15) is 19.6 Å². The summed E-state index contributed by atoms with van der Waals surface area (Å²) in [6.45, 7) is 4.39. The zero-order chi connectivity index (χ0) is 10.6. The van der Waals surface area contributed by atoms with Crippen LogP contribution in [0.3, 0.4) is 0 Å². The molecular weight excluding hydrogens is 202 g/mol. The molecule has 0 aliphatic rings. The summed E-state index contributed by atoms with van der Waals surface area (Å²) in [4.78, 5) is 13.1. The van der Waals surface area contributed by atoms with Gasteiger partial charge in [0.25, 0.3) is 0 Å². The van der Waals surface area contributed by atoms with Gasteiger partial charge in [-0.3, -0.25) is 4.79 Å². The summed E-state index contributed by atoms with van der Waals surface area (Å²) < 4.78 is 5.17. The zero-order valence-electron chi connectivity index (χ0n) is 8.37. The molecule has 1 amide bonds. The Labute approximate surface area is 88.6 Å². The number of carbonyl (C=O) groups is 1. The summed E-state index contributed by atoms with van der Waals surface area (Å²) in [5.74, 6) is 0.717. The van der Waals surface area contributed by atoms with Gasteiger partial charge in [0.1, 0.15) is 11.6 Å². The smallest absolute Gasteiger partial charge is 0.238 e. The van der Waals surface area contributed by atoms with Crippen LogP contribution in [0.2, 0.25) is 0 Å². The largest absolute Gasteiger partial charge is 0.467 e. The maximum atomic E-state index is 11.4. The first-order chi connectivity index (χ1) is 6.65. The van der Waals surface area contributed by atoms with E-state index in [1.165, 1.54) is 0 Å². The number of alkyl halides is 1. The molecule has 0 N–H and O–H groups in total. The molecule has 0 atom stereocenters. The number of carbonyl (C=O) groups excluding carboxylic acids is 1. The van der Waals surface area contributed by atoms with Crippen molar-refractivity contribution in [1.82, 2.24) is 4.90 Å². The first-order valence-corrected chi connectivity index (χ1v) is 5.06. The molecule has 0 fully saturated rings. The van der Waals surface area contributed by atoms with E-state index in [1.54, 1.807) is 17.2 Å². The van der Waals surface area contributed by atoms with Gasteiger partial charge in [-0.2, -0.15) is 0 Å². The topological polar surface area (TPSA) is 33.5 Å². The molecule has 1 aromatic heterocycles. The SMILES string of the molecule is CC(C)N(Cc1ccco1)C(=O)CCl. The molecule has 0 aromatic carbocycles. The van der Waals surface area contributed by atoms with E-state index in [4.69, 9.17) is 16.0 Å². The maximum absolute atomic E-state index is 11.4. The molecule has 14 heavy (non-hydrogen) atoms. The van der Waals surface area contributed by atoms with Crippen molar-refractivity contribution in [2.45, 2.75) is 26.4 Å². The van der Waals surface area contributed by atoms with Gasteiger partial charge in [0.15, 0.2) is 0 Å². The Balaban J connectivity index is 2.65. The Kier molecular flexibility index (Phi) is 4.01. The highest BCUT2D eigenvalue weighted by molar-refractivity contribution is 6.27. The van der Waals surface area contributed by atoms with Crippen molar-refractivity contribution in [3.8, 4) is 0 Å². The van der Waals surface area contributed by atoms with Crippen LogP contribution in [-0.4, -0.2) is 22.7 Å². The summed E-state index contributed by atoms with van der Waals surface area (Å²) in [5, 5.41) is 0. The molecular formula is C10H14ClNO2. The fourth-order valence-corrected chi connectivity index (χ4v) is 1.36. The number of amides is 1. The predicted octanol–water partition coefficient (Wildman–Crippen LogP) is 2.26. The van der Waals surface area contributed by atoms with E-state index in [2.05, 4.69) is 0 Å². The van der Waals surface area contributed by atoms with E-state index in [0.717, 1.165) is 5.76 Å². The third-order valence-electron chi connectivity index (χ3n) is 1.96. The molecule has 0 radical (unpaired) electrons. The fraction of sp³-hybridized carbons (Fsp3) is 0.500. The second-order valence-corrected chi connectivity index (χ2v) is 3.60. The maximum Gasteiger partial charge on any atom is 0.238 e. The van der Waals surface area contributed by atoms with Crippen molar-refractivity contribution in [1.29, 1.82) is 0 Å². The van der Waals surface area contributed by atoms with Crippen molar-refractivity contribution in [2.24, 2.45) is 0 Å². The molecule has 0 saturated heterocycles. The Morgan fingerprint density at radius 1 is 1.64 bits per heavy atom. The zero-order valence-corrected chi connectivity index (χ0v) is 9.12. The quantitative estimate of drug-likeness (QED) is 0.722. The minimum atomic E-state index is -0.0712. The molecule has 0 aliphatic carbocycles. The van der Waals surface area contributed by atoms with Crippen LogP contribution >= 0.6 is 11.6 Å². The number of halogens is 1. The van der Waals surface area contributed by atoms with E-state index in [-0.39, 0.29) is 17.8 Å². The molecule has 1 rings (SSSR count). The second-order valence-electron chi connectivity index (χ2n) is 3.33. The van der Waals surface area contributed by atoms with Gasteiger partial charge in [0, 0.05) is 6.04 Å². The first-order valence-electron chi connectivity index (χ1n) is 4.53. The highest BCUT2D eigenvalue weighted by Gasteiger charge is 2.16. The van der Waals surface area contributed by atoms with Gasteiger partial charge in [-0.05, 0) is 26.0 Å². The number of furan rings is 1. The van der Waals surface area contributed by atoms with E-state index in [0.29, 0.717) is 6.54 Å². The molecule has 1 heterocycles. The third kappa shape index (κ3) is 2.77. The summed E-state index contributed by atoms with van der Waals surface area (Å²) in [6, 6.07) is 3.78. The van der Waals surface area contributed by atoms with Crippen LogP contribution in [0.4, 0.5) is 0 Å². The Morgan fingerprint density at radius 3 is 2.79 bits per heavy atom. The number of hydrogen-bond acceptors (Lipinski definition) is 2. The molecule has 0 unspecified atom stereocenters. The Bertz CT molecular complexity index is 282. The van der Waals surface area contributed by atoms with Gasteiger partial charge < -0.3 is 9.32 Å². The minimum absolute atomic E-state index is 0.0128. The van der Waals surface area contributed by atoms with Crippen molar-refractivity contribution in [3.63, 3.8) is 0 Å². The van der Waals surface area contributed by atoms with Gasteiger partial charge in [-0.1, -0.05) is 0 Å². The monoisotopic (exact) mass is 215 g/mol. The van der Waals surface area contributed by atoms with Crippen LogP contribution in [0.5, 0.6) is 0 Å². The first kappa shape index (κ1) is 11.1. The van der Waals surface area contributed by atoms with Gasteiger partial charge in [-0.15, -0.1) is 11.6 Å². The fourth-order valence-electron chi connectivity index (χ4n) is 1.21. The van der Waals surface area contributed by atoms with E-state index in [9.17, 15) is 4.79 Å². The third-order valence-corrected chi connectivity index (χ3v) is 2.19. The van der Waals surface area contributed by atoms with Crippen molar-refractivity contribution in [3.05, 3.63) is 24.2 Å². The molecule has 0 bridgehead atoms. The Morgan fingerprint density at radius 2 is 2.36 bits per heavy atom. The van der Waals surface area contributed by atoms with Crippen LogP contribution in [0.15, 0.2) is 22.8 Å². The Hall–Kier alpha value is -0.960. The predicted molar refractivity (Wildman–Crippen MR) is 55.1 cm³/mol. The standard InChI is InChI=1S/C10H14ClNO2/c1-8(2)12(10(13)6-11)7-9-4-3-5-14-9/h3-5,8H,6-7H2,1-2H3. The molecule has 78 valence electrons. The lowest BCUT2D eigenvalue weighted by atomic mass is 10.3. The van der Waals surface area contributed by atoms with Crippen LogP contribution in [0, 0.1) is 0 Å². The lowest BCUT2D eigenvalue weighted by Crippen LogP contribution is -2.37. The van der Waals surface area contributed by atoms with Gasteiger partial charge in [-0.25, -0.2) is 0 Å². The van der Waals surface area contributed by atoms with Crippen molar-refractivity contribution in [2.75, 3.05) is 5.88 Å². The van der Waals surface area contributed by atoms with Gasteiger partial charge in [0.05, 0.1) is 12.8 Å². The van der Waals surface area contributed by atoms with Gasteiger partial charge in [0.2, 0.25) is 5.91 Å². The van der Waals surface area contributed by atoms with Crippen LogP contribution in [0.25, 0.3) is 0 Å². The van der Waals surface area contributed by atoms with Crippen molar-refractivity contribution >= 4 is 17.5 Å². The number of nitrogens with zero attached hydrogens (tertiary/aromatic N) is 1. The summed E-state index contributed by atoms with van der Waals surface area (Å²) in [6.07, 6.45) is 1.60. The normalized spacial score (nSPS) is 10.6. The summed E-state index contributed by atoms with van der Waals surface area (Å²) in [7, 11) is 0.